The molecule has 0 saturated carbocycles. The number of aliphatic hydroxyl groups is 2. The number of anilines is 9. The first-order chi connectivity index (χ1) is 25.5. The summed E-state index contributed by atoms with van der Waals surface area (Å²) in [4.78, 5) is 6.97. The first-order valence-corrected chi connectivity index (χ1v) is 22.1. The maximum atomic E-state index is 10.8. The van der Waals surface area contributed by atoms with Crippen LogP contribution in [0.15, 0.2) is 109 Å². The fourth-order valence-electron chi connectivity index (χ4n) is 7.63. The van der Waals surface area contributed by atoms with E-state index in [9.17, 15) is 10.2 Å². The molecule has 0 fully saturated rings. The predicted octanol–water partition coefficient (Wildman–Crippen LogP) is 6.57. The van der Waals surface area contributed by atoms with Gasteiger partial charge in [0.2, 0.25) is 0 Å². The summed E-state index contributed by atoms with van der Waals surface area (Å²) in [5.41, 5.74) is 10.9. The summed E-state index contributed by atoms with van der Waals surface area (Å²) in [6.45, 7) is -0.162. The van der Waals surface area contributed by atoms with Crippen LogP contribution < -0.4 is 43.5 Å². The molecule has 10 heteroatoms. The number of hydrogen-bond donors (Lipinski definition) is 2. The third kappa shape index (κ3) is 4.85. The molecule has 3 aliphatic heterocycles. The van der Waals surface area contributed by atoms with Gasteiger partial charge in [-0.15, -0.1) is 0 Å². The summed E-state index contributed by atoms with van der Waals surface area (Å²) in [5.74, 6) is 3.02. The van der Waals surface area contributed by atoms with E-state index in [1.165, 1.54) is 9.81 Å². The molecular weight excluding hydrogens is 851 g/mol. The second kappa shape index (κ2) is 12.7. The second-order valence-corrected chi connectivity index (χ2v) is 20.6. The molecule has 3 aliphatic rings. The molecule has 0 aromatic heterocycles. The molecule has 0 aliphatic carbocycles. The van der Waals surface area contributed by atoms with Gasteiger partial charge in [0.05, 0.1) is 0 Å². The van der Waals surface area contributed by atoms with Crippen molar-refractivity contribution in [1.29, 1.82) is 0 Å². The molecule has 52 heavy (non-hydrogen) atoms. The zero-order valence-corrected chi connectivity index (χ0v) is 32.6. The Morgan fingerprint density at radius 3 is 1.02 bits per heavy atom. The zero-order chi connectivity index (χ0) is 35.7. The summed E-state index contributed by atoms with van der Waals surface area (Å²) < 4.78 is 27.2. The monoisotopic (exact) mass is 887 g/mol. The van der Waals surface area contributed by atoms with Crippen LogP contribution in [0, 0.1) is 0 Å². The molecule has 9 rings (SSSR count). The minimum atomic E-state index is -3.23. The summed E-state index contributed by atoms with van der Waals surface area (Å²) >= 11 is -3.23. The average Bonchev–Trinajstić information content (AvgIpc) is 3.20. The van der Waals surface area contributed by atoms with Gasteiger partial charge in [0.15, 0.2) is 0 Å². The quantitative estimate of drug-likeness (QED) is 0.157. The Labute approximate surface area is 310 Å². The maximum absolute atomic E-state index is 10.8. The van der Waals surface area contributed by atoms with Gasteiger partial charge in [-0.05, 0) is 0 Å². The molecule has 6 aromatic rings. The van der Waals surface area contributed by atoms with E-state index in [-0.39, 0.29) is 13.2 Å². The van der Waals surface area contributed by atoms with E-state index in [1.807, 2.05) is 36.4 Å². The van der Waals surface area contributed by atoms with Crippen molar-refractivity contribution in [3.63, 3.8) is 0 Å². The molecule has 0 unspecified atom stereocenters. The molecule has 6 aromatic carbocycles. The predicted molar refractivity (Wildman–Crippen MR) is 207 cm³/mol. The summed E-state index contributed by atoms with van der Waals surface area (Å²) in [6, 6.07) is 37.3. The molecule has 260 valence electrons. The Morgan fingerprint density at radius 1 is 0.404 bits per heavy atom. The molecule has 3 heterocycles. The first-order valence-electron chi connectivity index (χ1n) is 16.9. The Bertz CT molecular complexity index is 2010. The van der Waals surface area contributed by atoms with Crippen LogP contribution in [0.25, 0.3) is 0 Å². The van der Waals surface area contributed by atoms with E-state index in [1.54, 1.807) is 28.4 Å². The number of methoxy groups -OCH3 is 4. The molecule has 0 amide bonds. The number of hydrogen-bond acceptors (Lipinski definition) is 9. The van der Waals surface area contributed by atoms with Gasteiger partial charge in [-0.1, -0.05) is 0 Å². The van der Waals surface area contributed by atoms with Crippen LogP contribution >= 0.6 is 0 Å². The fourth-order valence-corrected chi connectivity index (χ4v) is 19.4. The third-order valence-corrected chi connectivity index (χ3v) is 20.6. The van der Waals surface area contributed by atoms with Gasteiger partial charge in [0.1, 0.15) is 0 Å². The van der Waals surface area contributed by atoms with Crippen LogP contribution in [0.5, 0.6) is 23.0 Å². The summed E-state index contributed by atoms with van der Waals surface area (Å²) in [6.07, 6.45) is 0. The number of aliphatic hydroxyl groups excluding tert-OH is 2. The minimum absolute atomic E-state index is 0.0425. The summed E-state index contributed by atoms with van der Waals surface area (Å²) in [7, 11) is 6.77. The van der Waals surface area contributed by atoms with E-state index >= 15 is 0 Å². The molecular formula is C42H36BiN3O6. The van der Waals surface area contributed by atoms with Crippen molar-refractivity contribution in [2.24, 2.45) is 0 Å². The van der Waals surface area contributed by atoms with E-state index in [0.29, 0.717) is 0 Å². The van der Waals surface area contributed by atoms with Gasteiger partial charge in [0.25, 0.3) is 0 Å². The van der Waals surface area contributed by atoms with Crippen molar-refractivity contribution in [3.8, 4) is 23.0 Å². The van der Waals surface area contributed by atoms with Gasteiger partial charge < -0.3 is 0 Å². The molecule has 9 nitrogen and oxygen atoms in total. The molecule has 0 atom stereocenters. The standard InChI is InChI=1S/C42H36N3O6.Bi/c1-48-39-13-9-31(10-14-39)44-34-18-29(27-47)17-33(19-34)43(30-7-5-28(26-46)6-8-30)35-20-37(24-41(22-35)50-3)45(32-11-15-40(49-2)16-12-32)38-21-36(44)23-42(25-38)51-4;/h5-18,22-25,46-47H,26-27H2,1-4H3;. The van der Waals surface area contributed by atoms with E-state index in [0.717, 1.165) is 85.3 Å². The van der Waals surface area contributed by atoms with Gasteiger partial charge in [-0.3, -0.25) is 0 Å². The molecule has 2 N–H and O–H groups in total. The fraction of sp³-hybridized carbons (Fsp3) is 0.143. The van der Waals surface area contributed by atoms with Crippen molar-refractivity contribution in [2.45, 2.75) is 13.2 Å². The van der Waals surface area contributed by atoms with Crippen LogP contribution in [0.2, 0.25) is 0 Å². The van der Waals surface area contributed by atoms with Crippen LogP contribution in [0.4, 0.5) is 51.2 Å². The normalized spacial score (nSPS) is 13.5. The van der Waals surface area contributed by atoms with E-state index in [4.69, 9.17) is 18.9 Å². The third-order valence-electron chi connectivity index (χ3n) is 10.0. The molecule has 0 spiro atoms. The second-order valence-electron chi connectivity index (χ2n) is 12.7. The van der Waals surface area contributed by atoms with Crippen LogP contribution in [-0.2, 0) is 13.2 Å². The van der Waals surface area contributed by atoms with Gasteiger partial charge in [-0.25, -0.2) is 0 Å². The zero-order valence-electron chi connectivity index (χ0n) is 29.1. The number of nitrogens with zero attached hydrogens (tertiary/aromatic N) is 3. The van der Waals surface area contributed by atoms with Crippen molar-refractivity contribution < 1.29 is 29.2 Å². The average molecular weight is 888 g/mol. The molecule has 0 radical (unpaired) electrons. The molecule has 0 saturated heterocycles. The van der Waals surface area contributed by atoms with Crippen LogP contribution in [0.3, 0.4) is 0 Å². The Hall–Kier alpha value is -5.28. The van der Waals surface area contributed by atoms with E-state index in [2.05, 4.69) is 87.5 Å². The Morgan fingerprint density at radius 2 is 0.712 bits per heavy atom. The van der Waals surface area contributed by atoms with Crippen molar-refractivity contribution in [1.82, 2.24) is 0 Å². The van der Waals surface area contributed by atoms with Gasteiger partial charge in [-0.2, -0.15) is 0 Å². The SMILES string of the molecule is COc1ccc(N2c3cc(CO)cc4[c]3[Bi]3[c]5c(cc(OC)cc5N(c5ccc(OC)cc5)c5cc(OC)cc2[c]53)N4c2ccc(CO)cc2)cc1. The van der Waals surface area contributed by atoms with Crippen molar-refractivity contribution in [2.75, 3.05) is 43.1 Å². The Kier molecular flexibility index (Phi) is 7.99. The van der Waals surface area contributed by atoms with Gasteiger partial charge in [0, 0.05) is 0 Å². The topological polar surface area (TPSA) is 87.1 Å². The van der Waals surface area contributed by atoms with Crippen molar-refractivity contribution >= 4 is 82.8 Å². The van der Waals surface area contributed by atoms with Crippen LogP contribution in [0.1, 0.15) is 11.1 Å². The Balaban J connectivity index is 1.44. The molecule has 0 bridgehead atoms. The number of ether oxygens (including phenoxy) is 4. The van der Waals surface area contributed by atoms with Gasteiger partial charge >= 0.3 is 312 Å². The number of rotatable bonds is 9. The number of benzene rings is 6. The van der Waals surface area contributed by atoms with Crippen molar-refractivity contribution in [3.05, 3.63) is 120 Å². The first kappa shape index (κ1) is 32.6. The van der Waals surface area contributed by atoms with Crippen LogP contribution in [-0.4, -0.2) is 60.4 Å². The summed E-state index contributed by atoms with van der Waals surface area (Å²) in [5, 5.41) is 20.7. The van der Waals surface area contributed by atoms with E-state index < -0.39 is 21.8 Å².